The Bertz CT molecular complexity index is 2830. The van der Waals surface area contributed by atoms with Gasteiger partial charge < -0.3 is 15.1 Å². The van der Waals surface area contributed by atoms with Crippen LogP contribution in [0.3, 0.4) is 0 Å². The number of nitrogens with zero attached hydrogens (tertiary/aromatic N) is 2. The number of fused-ring (bicyclic) bond motifs is 11. The molecule has 7 aromatic carbocycles. The summed E-state index contributed by atoms with van der Waals surface area (Å²) in [6.07, 6.45) is 13.3. The van der Waals surface area contributed by atoms with Crippen LogP contribution in [0.2, 0.25) is 0 Å². The van der Waals surface area contributed by atoms with Crippen LogP contribution in [-0.2, 0) is 17.3 Å². The summed E-state index contributed by atoms with van der Waals surface area (Å²) >= 11 is 0. The first-order valence-electron chi connectivity index (χ1n) is 21.8. The molecule has 2 heterocycles. The molecule has 288 valence electrons. The third-order valence-corrected chi connectivity index (χ3v) is 14.5. The maximum absolute atomic E-state index is 3.68. The van der Waals surface area contributed by atoms with Gasteiger partial charge >= 0.3 is 0 Å². The molecule has 0 amide bonds. The molecular weight excluding hydrogens is 715 g/mol. The summed E-state index contributed by atoms with van der Waals surface area (Å²) in [5, 5.41) is 3.68. The molecule has 1 spiro atoms. The van der Waals surface area contributed by atoms with E-state index in [1.165, 1.54) is 128 Å². The average Bonchev–Trinajstić information content (AvgIpc) is 3.67. The summed E-state index contributed by atoms with van der Waals surface area (Å²) in [5.74, 6) is 0. The quantitative estimate of drug-likeness (QED) is 0.180. The molecule has 2 aliphatic heterocycles. The monoisotopic (exact) mass is 763 g/mol. The smallest absolute Gasteiger partial charge is 0.0697 e. The Hall–Kier alpha value is -6.32. The molecule has 0 unspecified atom stereocenters. The Morgan fingerprint density at radius 3 is 1.71 bits per heavy atom. The highest BCUT2D eigenvalue weighted by atomic mass is 15.2. The number of nitrogens with one attached hydrogen (secondary N) is 1. The predicted octanol–water partition coefficient (Wildman–Crippen LogP) is 15.0. The number of aryl methyl sites for hydroxylation is 1. The molecule has 0 bridgehead atoms. The molecule has 59 heavy (non-hydrogen) atoms. The number of anilines is 7. The highest BCUT2D eigenvalue weighted by molar-refractivity contribution is 5.98. The minimum atomic E-state index is -0.0831. The van der Waals surface area contributed by atoms with Crippen LogP contribution in [0.25, 0.3) is 34.4 Å². The second-order valence-corrected chi connectivity index (χ2v) is 18.0. The number of para-hydroxylation sites is 5. The molecule has 3 aliphatic carbocycles. The normalized spacial score (nSPS) is 17.4. The van der Waals surface area contributed by atoms with Gasteiger partial charge in [0.15, 0.2) is 0 Å². The van der Waals surface area contributed by atoms with Crippen molar-refractivity contribution in [3.63, 3.8) is 0 Å². The summed E-state index contributed by atoms with van der Waals surface area (Å²) in [5.41, 5.74) is 24.0. The van der Waals surface area contributed by atoms with Gasteiger partial charge in [0, 0.05) is 34.4 Å². The van der Waals surface area contributed by atoms with Crippen LogP contribution < -0.4 is 15.1 Å². The molecular formula is C56H49N3. The summed E-state index contributed by atoms with van der Waals surface area (Å²) in [6, 6.07) is 55.2. The summed E-state index contributed by atoms with van der Waals surface area (Å²) in [6.45, 7) is 5.88. The van der Waals surface area contributed by atoms with E-state index in [2.05, 4.69) is 187 Å². The molecule has 7 aromatic rings. The van der Waals surface area contributed by atoms with Crippen LogP contribution in [-0.4, -0.2) is 6.54 Å². The molecule has 1 N–H and O–H groups in total. The van der Waals surface area contributed by atoms with Gasteiger partial charge in [0.1, 0.15) is 0 Å². The second kappa shape index (κ2) is 13.1. The van der Waals surface area contributed by atoms with Crippen molar-refractivity contribution in [1.82, 2.24) is 0 Å². The second-order valence-electron chi connectivity index (χ2n) is 18.0. The maximum Gasteiger partial charge on any atom is 0.0697 e. The van der Waals surface area contributed by atoms with Gasteiger partial charge in [-0.1, -0.05) is 136 Å². The Morgan fingerprint density at radius 2 is 1.02 bits per heavy atom. The van der Waals surface area contributed by atoms with Crippen molar-refractivity contribution in [1.29, 1.82) is 0 Å². The lowest BCUT2D eigenvalue weighted by Crippen LogP contribution is -2.28. The third kappa shape index (κ3) is 5.26. The van der Waals surface area contributed by atoms with Crippen molar-refractivity contribution in [3.05, 3.63) is 185 Å². The van der Waals surface area contributed by atoms with E-state index in [-0.39, 0.29) is 10.8 Å². The molecule has 12 rings (SSSR count). The number of hydrogen-bond donors (Lipinski definition) is 1. The molecule has 5 aliphatic rings. The molecule has 0 atom stereocenters. The van der Waals surface area contributed by atoms with Gasteiger partial charge in [0.2, 0.25) is 0 Å². The van der Waals surface area contributed by atoms with Gasteiger partial charge in [-0.25, -0.2) is 0 Å². The molecule has 0 aromatic heterocycles. The van der Waals surface area contributed by atoms with Crippen LogP contribution in [0.1, 0.15) is 91.3 Å². The molecule has 1 saturated carbocycles. The first-order chi connectivity index (χ1) is 29.0. The molecule has 0 radical (unpaired) electrons. The standard InChI is InChI=1S/C56H49N3/c1-55(2)46-33-37(22-26-42(46)43-28-24-40(35-47(43)55)58-32-12-14-39-13-4-7-17-52(39)58)20-21-38-23-27-44-45-29-25-41(36-49(45)56(48(44)34-38)30-10-3-11-31-56)59-53-18-8-5-15-50(53)57-51-16-6-9-19-54(51)59/h4-9,13,15-29,33-36,57H,3,10-12,14,30-32H2,1-2H3/b21-20+. The van der Waals surface area contributed by atoms with Crippen molar-refractivity contribution in [2.24, 2.45) is 0 Å². The lowest BCUT2D eigenvalue weighted by molar-refractivity contribution is 0.353. The Labute approximate surface area is 348 Å². The van der Waals surface area contributed by atoms with E-state index in [0.29, 0.717) is 0 Å². The van der Waals surface area contributed by atoms with Crippen molar-refractivity contribution in [3.8, 4) is 22.3 Å². The lowest BCUT2D eigenvalue weighted by Gasteiger charge is -2.38. The molecule has 3 heteroatoms. The van der Waals surface area contributed by atoms with Gasteiger partial charge in [-0.3, -0.25) is 0 Å². The summed E-state index contributed by atoms with van der Waals surface area (Å²) in [4.78, 5) is 4.99. The van der Waals surface area contributed by atoms with Crippen molar-refractivity contribution in [2.75, 3.05) is 21.7 Å². The lowest BCUT2D eigenvalue weighted by atomic mass is 9.67. The molecule has 0 saturated heterocycles. The fraction of sp³-hybridized carbons (Fsp3) is 0.214. The summed E-state index contributed by atoms with van der Waals surface area (Å²) in [7, 11) is 0. The number of hydrogen-bond acceptors (Lipinski definition) is 3. The fourth-order valence-electron chi connectivity index (χ4n) is 11.5. The van der Waals surface area contributed by atoms with E-state index in [1.54, 1.807) is 0 Å². The Balaban J connectivity index is 0.870. The SMILES string of the molecule is CC1(C)c2cc(/C=C/c3ccc4c(c3)C3(CCCCC3)c3cc(N5c6ccccc6Nc6ccccc65)ccc3-4)ccc2-c2ccc(N3CCCc4ccccc43)cc21. The van der Waals surface area contributed by atoms with E-state index in [0.717, 1.165) is 24.3 Å². The van der Waals surface area contributed by atoms with Gasteiger partial charge in [-0.05, 0) is 141 Å². The third-order valence-electron chi connectivity index (χ3n) is 14.5. The predicted molar refractivity (Wildman–Crippen MR) is 248 cm³/mol. The zero-order valence-corrected chi connectivity index (χ0v) is 34.1. The van der Waals surface area contributed by atoms with Crippen LogP contribution in [0.5, 0.6) is 0 Å². The zero-order chi connectivity index (χ0) is 39.3. The van der Waals surface area contributed by atoms with Crippen molar-refractivity contribution < 1.29 is 0 Å². The average molecular weight is 764 g/mol. The number of rotatable bonds is 4. The van der Waals surface area contributed by atoms with Gasteiger partial charge in [-0.15, -0.1) is 0 Å². The van der Waals surface area contributed by atoms with E-state index in [9.17, 15) is 0 Å². The number of benzene rings is 7. The van der Waals surface area contributed by atoms with Gasteiger partial charge in [0.05, 0.1) is 22.7 Å². The first kappa shape index (κ1) is 34.7. The maximum atomic E-state index is 3.68. The van der Waals surface area contributed by atoms with E-state index >= 15 is 0 Å². The minimum Gasteiger partial charge on any atom is -0.352 e. The van der Waals surface area contributed by atoms with Crippen LogP contribution in [0.15, 0.2) is 146 Å². The highest BCUT2D eigenvalue weighted by Gasteiger charge is 2.44. The van der Waals surface area contributed by atoms with E-state index in [4.69, 9.17) is 0 Å². The molecule has 3 nitrogen and oxygen atoms in total. The molecule has 1 fully saturated rings. The largest absolute Gasteiger partial charge is 0.352 e. The zero-order valence-electron chi connectivity index (χ0n) is 34.1. The summed E-state index contributed by atoms with van der Waals surface area (Å²) < 4.78 is 0. The van der Waals surface area contributed by atoms with Crippen LogP contribution in [0, 0.1) is 0 Å². The topological polar surface area (TPSA) is 18.5 Å². The Morgan fingerprint density at radius 1 is 0.492 bits per heavy atom. The fourth-order valence-corrected chi connectivity index (χ4v) is 11.5. The van der Waals surface area contributed by atoms with Crippen molar-refractivity contribution >= 4 is 52.0 Å². The minimum absolute atomic E-state index is 0.0361. The first-order valence-corrected chi connectivity index (χ1v) is 21.8. The van der Waals surface area contributed by atoms with Crippen molar-refractivity contribution in [2.45, 2.75) is 69.6 Å². The highest BCUT2D eigenvalue weighted by Crippen LogP contribution is 2.58. The Kier molecular flexibility index (Phi) is 7.70. The van der Waals surface area contributed by atoms with E-state index < -0.39 is 0 Å². The van der Waals surface area contributed by atoms with Crippen LogP contribution in [0.4, 0.5) is 39.8 Å². The van der Waals surface area contributed by atoms with Gasteiger partial charge in [-0.2, -0.15) is 0 Å². The van der Waals surface area contributed by atoms with Crippen LogP contribution >= 0.6 is 0 Å². The van der Waals surface area contributed by atoms with Gasteiger partial charge in [0.25, 0.3) is 0 Å². The van der Waals surface area contributed by atoms with E-state index in [1.807, 2.05) is 0 Å².